The molecule has 4 heteroatoms. The van der Waals surface area contributed by atoms with Gasteiger partial charge in [-0.25, -0.2) is 0 Å². The molecule has 2 aromatic rings. The second-order valence-electron chi connectivity index (χ2n) is 6.48. The summed E-state index contributed by atoms with van der Waals surface area (Å²) in [7, 11) is 1.86. The van der Waals surface area contributed by atoms with Crippen molar-refractivity contribution in [1.82, 2.24) is 15.1 Å². The molecule has 1 unspecified atom stereocenters. The molecule has 1 heterocycles. The zero-order chi connectivity index (χ0) is 16.4. The summed E-state index contributed by atoms with van der Waals surface area (Å²) in [6, 6.07) is 8.54. The van der Waals surface area contributed by atoms with Gasteiger partial charge in [0.1, 0.15) is 5.69 Å². The predicted octanol–water partition coefficient (Wildman–Crippen LogP) is 3.35. The number of hydrogen-bond donors (Lipinski definition) is 1. The predicted molar refractivity (Wildman–Crippen MR) is 91.6 cm³/mol. The van der Waals surface area contributed by atoms with Gasteiger partial charge in [-0.3, -0.25) is 9.48 Å². The lowest BCUT2D eigenvalue weighted by Gasteiger charge is -2.11. The summed E-state index contributed by atoms with van der Waals surface area (Å²) in [6.07, 6.45) is 4.21. The van der Waals surface area contributed by atoms with Gasteiger partial charge in [-0.1, -0.05) is 38.1 Å². The van der Waals surface area contributed by atoms with Crippen LogP contribution >= 0.6 is 0 Å². The second-order valence-corrected chi connectivity index (χ2v) is 6.48. The lowest BCUT2D eigenvalue weighted by molar-refractivity contribution is 0.0940. The lowest BCUT2D eigenvalue weighted by Crippen LogP contribution is -2.26. The molecule has 0 bridgehead atoms. The van der Waals surface area contributed by atoms with Crippen LogP contribution in [0.5, 0.6) is 0 Å². The van der Waals surface area contributed by atoms with E-state index in [2.05, 4.69) is 48.5 Å². The molecule has 1 aromatic heterocycles. The first kappa shape index (κ1) is 15.8. The van der Waals surface area contributed by atoms with Gasteiger partial charge in [0.15, 0.2) is 0 Å². The van der Waals surface area contributed by atoms with E-state index in [4.69, 9.17) is 0 Å². The number of aryl methyl sites for hydroxylation is 2. The average molecular weight is 311 g/mol. The van der Waals surface area contributed by atoms with Gasteiger partial charge in [-0.05, 0) is 42.7 Å². The molecule has 1 aromatic carbocycles. The van der Waals surface area contributed by atoms with Crippen LogP contribution < -0.4 is 5.32 Å². The van der Waals surface area contributed by atoms with Crippen molar-refractivity contribution in [2.45, 2.75) is 52.0 Å². The van der Waals surface area contributed by atoms with Crippen molar-refractivity contribution in [3.05, 3.63) is 52.3 Å². The van der Waals surface area contributed by atoms with Crippen LogP contribution in [0.15, 0.2) is 24.3 Å². The maximum Gasteiger partial charge on any atom is 0.270 e. The van der Waals surface area contributed by atoms with Crippen molar-refractivity contribution in [1.29, 1.82) is 0 Å². The summed E-state index contributed by atoms with van der Waals surface area (Å²) in [5.74, 6) is 0.560. The van der Waals surface area contributed by atoms with Crippen molar-refractivity contribution in [2.24, 2.45) is 7.05 Å². The Bertz CT molecular complexity index is 700. The summed E-state index contributed by atoms with van der Waals surface area (Å²) >= 11 is 0. The minimum Gasteiger partial charge on any atom is -0.347 e. The zero-order valence-electron chi connectivity index (χ0n) is 14.2. The van der Waals surface area contributed by atoms with E-state index in [1.807, 2.05) is 7.05 Å². The summed E-state index contributed by atoms with van der Waals surface area (Å²) in [5, 5.41) is 7.50. The molecule has 1 N–H and O–H groups in total. The molecular formula is C19H25N3O. The molecule has 1 atom stereocenters. The molecule has 0 saturated heterocycles. The Labute approximate surface area is 137 Å². The van der Waals surface area contributed by atoms with E-state index in [1.54, 1.807) is 4.68 Å². The number of amides is 1. The van der Waals surface area contributed by atoms with Gasteiger partial charge in [-0.2, -0.15) is 5.10 Å². The molecule has 1 aliphatic carbocycles. The number of nitrogens with one attached hydrogen (secondary N) is 1. The maximum absolute atomic E-state index is 12.5. The van der Waals surface area contributed by atoms with Gasteiger partial charge in [-0.15, -0.1) is 0 Å². The molecule has 0 spiro atoms. The Balaban J connectivity index is 1.65. The number of fused-ring (bicyclic) bond motifs is 1. The summed E-state index contributed by atoms with van der Waals surface area (Å²) in [6.45, 7) is 4.99. The molecule has 1 amide bonds. The van der Waals surface area contributed by atoms with Crippen molar-refractivity contribution < 1.29 is 4.79 Å². The Morgan fingerprint density at radius 1 is 1.30 bits per heavy atom. The smallest absolute Gasteiger partial charge is 0.270 e. The summed E-state index contributed by atoms with van der Waals surface area (Å²) in [5.41, 5.74) is 5.44. The third-order valence-corrected chi connectivity index (χ3v) is 4.90. The summed E-state index contributed by atoms with van der Waals surface area (Å²) < 4.78 is 1.73. The highest BCUT2D eigenvalue weighted by molar-refractivity contribution is 5.94. The van der Waals surface area contributed by atoms with E-state index < -0.39 is 0 Å². The molecule has 1 aliphatic rings. The number of aromatic nitrogens is 2. The van der Waals surface area contributed by atoms with Crippen LogP contribution in [0.2, 0.25) is 0 Å². The van der Waals surface area contributed by atoms with Gasteiger partial charge < -0.3 is 5.32 Å². The first-order valence-electron chi connectivity index (χ1n) is 8.52. The highest BCUT2D eigenvalue weighted by atomic mass is 16.2. The molecule has 3 rings (SSSR count). The Hall–Kier alpha value is -2.10. The van der Waals surface area contributed by atoms with E-state index >= 15 is 0 Å². The summed E-state index contributed by atoms with van der Waals surface area (Å²) in [4.78, 5) is 12.5. The van der Waals surface area contributed by atoms with Crippen molar-refractivity contribution in [2.75, 3.05) is 0 Å². The Morgan fingerprint density at radius 2 is 2.04 bits per heavy atom. The van der Waals surface area contributed by atoms with Gasteiger partial charge >= 0.3 is 0 Å². The fourth-order valence-electron chi connectivity index (χ4n) is 3.27. The Kier molecular flexibility index (Phi) is 4.51. The van der Waals surface area contributed by atoms with Gasteiger partial charge in [0.25, 0.3) is 5.91 Å². The van der Waals surface area contributed by atoms with Crippen LogP contribution in [0.4, 0.5) is 0 Å². The van der Waals surface area contributed by atoms with Crippen LogP contribution in [-0.4, -0.2) is 15.7 Å². The van der Waals surface area contributed by atoms with E-state index in [9.17, 15) is 4.79 Å². The minimum atomic E-state index is -0.0193. The van der Waals surface area contributed by atoms with Gasteiger partial charge in [0.2, 0.25) is 0 Å². The second kappa shape index (κ2) is 6.57. The highest BCUT2D eigenvalue weighted by Gasteiger charge is 2.24. The molecule has 4 nitrogen and oxygen atoms in total. The standard InChI is InChI=1S/C19H25N3O/c1-4-13(2)15-10-8-14(9-11-15)12-20-19(23)18-16-6-5-7-17(16)21-22(18)3/h8-11,13H,4-7,12H2,1-3H3,(H,20,23). The topological polar surface area (TPSA) is 46.9 Å². The van der Waals surface area contributed by atoms with Crippen LogP contribution in [0.3, 0.4) is 0 Å². The van der Waals surface area contributed by atoms with Crippen molar-refractivity contribution in [3.8, 4) is 0 Å². The third-order valence-electron chi connectivity index (χ3n) is 4.90. The number of benzene rings is 1. The quantitative estimate of drug-likeness (QED) is 0.920. The molecule has 23 heavy (non-hydrogen) atoms. The maximum atomic E-state index is 12.5. The monoisotopic (exact) mass is 311 g/mol. The fraction of sp³-hybridized carbons (Fsp3) is 0.474. The molecule has 0 aliphatic heterocycles. The number of hydrogen-bond acceptors (Lipinski definition) is 2. The average Bonchev–Trinajstić information content (AvgIpc) is 3.12. The van der Waals surface area contributed by atoms with Crippen LogP contribution in [0, 0.1) is 0 Å². The minimum absolute atomic E-state index is 0.0193. The molecule has 0 radical (unpaired) electrons. The molecular weight excluding hydrogens is 286 g/mol. The fourth-order valence-corrected chi connectivity index (χ4v) is 3.27. The number of rotatable bonds is 5. The van der Waals surface area contributed by atoms with Crippen molar-refractivity contribution in [3.63, 3.8) is 0 Å². The number of carbonyl (C=O) groups is 1. The van der Waals surface area contributed by atoms with Gasteiger partial charge in [0, 0.05) is 19.2 Å². The Morgan fingerprint density at radius 3 is 2.74 bits per heavy atom. The first-order valence-corrected chi connectivity index (χ1v) is 8.52. The van der Waals surface area contributed by atoms with Crippen LogP contribution in [0.25, 0.3) is 0 Å². The van der Waals surface area contributed by atoms with E-state index in [1.165, 1.54) is 5.56 Å². The van der Waals surface area contributed by atoms with Crippen molar-refractivity contribution >= 4 is 5.91 Å². The highest BCUT2D eigenvalue weighted by Crippen LogP contribution is 2.24. The molecule has 0 saturated carbocycles. The van der Waals surface area contributed by atoms with Gasteiger partial charge in [0.05, 0.1) is 5.69 Å². The molecule has 0 fully saturated rings. The first-order chi connectivity index (χ1) is 11.1. The van der Waals surface area contributed by atoms with E-state index in [0.717, 1.165) is 48.2 Å². The van der Waals surface area contributed by atoms with E-state index in [0.29, 0.717) is 12.5 Å². The zero-order valence-corrected chi connectivity index (χ0v) is 14.2. The van der Waals surface area contributed by atoms with Crippen LogP contribution in [-0.2, 0) is 26.4 Å². The SMILES string of the molecule is CCC(C)c1ccc(CNC(=O)c2c3c(nn2C)CCC3)cc1. The normalized spacial score (nSPS) is 14.6. The number of nitrogens with zero attached hydrogens (tertiary/aromatic N) is 2. The third kappa shape index (κ3) is 3.16. The lowest BCUT2D eigenvalue weighted by atomic mass is 9.98. The van der Waals surface area contributed by atoms with Crippen LogP contribution in [0.1, 0.15) is 65.5 Å². The molecule has 122 valence electrons. The van der Waals surface area contributed by atoms with E-state index in [-0.39, 0.29) is 5.91 Å². The number of carbonyl (C=O) groups excluding carboxylic acids is 1. The largest absolute Gasteiger partial charge is 0.347 e.